The molecule has 2 aromatic carbocycles. The zero-order chi connectivity index (χ0) is 19.6. The molecule has 0 unspecified atom stereocenters. The van der Waals surface area contributed by atoms with Crippen molar-refractivity contribution in [3.05, 3.63) is 58.6 Å². The van der Waals surface area contributed by atoms with Gasteiger partial charge in [0.25, 0.3) is 5.91 Å². The molecule has 2 aromatic rings. The zero-order valence-electron chi connectivity index (χ0n) is 14.8. The van der Waals surface area contributed by atoms with Gasteiger partial charge < -0.3 is 14.8 Å². The van der Waals surface area contributed by atoms with Gasteiger partial charge in [-0.1, -0.05) is 23.7 Å². The van der Waals surface area contributed by atoms with Gasteiger partial charge in [0, 0.05) is 11.4 Å². The van der Waals surface area contributed by atoms with Crippen molar-refractivity contribution in [2.75, 3.05) is 18.5 Å². The largest absolute Gasteiger partial charge is 0.493 e. The monoisotopic (exact) mass is 386 g/mol. The lowest BCUT2D eigenvalue weighted by Gasteiger charge is -2.10. The summed E-state index contributed by atoms with van der Waals surface area (Å²) in [4.78, 5) is 23.6. The summed E-state index contributed by atoms with van der Waals surface area (Å²) in [6.45, 7) is 1.83. The number of hydrogen-bond acceptors (Lipinski definition) is 5. The van der Waals surface area contributed by atoms with Crippen molar-refractivity contribution in [1.29, 1.82) is 5.26 Å². The molecule has 6 nitrogen and oxygen atoms in total. The van der Waals surface area contributed by atoms with Crippen LogP contribution in [0.25, 0.3) is 0 Å². The molecule has 0 saturated heterocycles. The smallest absolute Gasteiger partial charge is 0.306 e. The number of aryl methyl sites for hydroxylation is 1. The SMILES string of the molecule is Cc1cc(Cl)ccc1OCCCC(=O)OCC(=O)Nc1ccccc1C#N. The molecule has 0 aliphatic rings. The number of nitrogens with one attached hydrogen (secondary N) is 1. The fourth-order valence-corrected chi connectivity index (χ4v) is 2.49. The van der Waals surface area contributed by atoms with Crippen molar-refractivity contribution >= 4 is 29.2 Å². The molecular weight excluding hydrogens is 368 g/mol. The molecule has 0 saturated carbocycles. The molecule has 0 aromatic heterocycles. The van der Waals surface area contributed by atoms with Gasteiger partial charge in [0.1, 0.15) is 11.8 Å². The third-order valence-corrected chi connectivity index (χ3v) is 3.84. The average molecular weight is 387 g/mol. The second-order valence-electron chi connectivity index (χ2n) is 5.73. The third-order valence-electron chi connectivity index (χ3n) is 3.61. The summed E-state index contributed by atoms with van der Waals surface area (Å²) in [6.07, 6.45) is 0.592. The van der Waals surface area contributed by atoms with E-state index >= 15 is 0 Å². The minimum atomic E-state index is -0.501. The van der Waals surface area contributed by atoms with Gasteiger partial charge in [-0.05, 0) is 49.2 Å². The van der Waals surface area contributed by atoms with E-state index in [0.29, 0.717) is 35.1 Å². The molecule has 140 valence electrons. The summed E-state index contributed by atoms with van der Waals surface area (Å²) in [6, 6.07) is 13.9. The number of nitrogens with zero attached hydrogens (tertiary/aromatic N) is 1. The van der Waals surface area contributed by atoms with Gasteiger partial charge in [-0.2, -0.15) is 5.26 Å². The first-order chi connectivity index (χ1) is 13.0. The van der Waals surface area contributed by atoms with Crippen LogP contribution in [0.3, 0.4) is 0 Å². The molecule has 0 fully saturated rings. The van der Waals surface area contributed by atoms with Crippen LogP contribution < -0.4 is 10.1 Å². The second kappa shape index (κ2) is 10.2. The Bertz CT molecular complexity index is 861. The van der Waals surface area contributed by atoms with Crippen LogP contribution in [-0.2, 0) is 14.3 Å². The van der Waals surface area contributed by atoms with Crippen molar-refractivity contribution in [1.82, 2.24) is 0 Å². The van der Waals surface area contributed by atoms with Gasteiger partial charge in [0.2, 0.25) is 0 Å². The summed E-state index contributed by atoms with van der Waals surface area (Å²) in [5, 5.41) is 12.2. The molecule has 0 spiro atoms. The Morgan fingerprint density at radius 3 is 2.74 bits per heavy atom. The first kappa shape index (κ1) is 20.3. The van der Waals surface area contributed by atoms with Gasteiger partial charge in [-0.15, -0.1) is 0 Å². The van der Waals surface area contributed by atoms with Crippen LogP contribution in [0, 0.1) is 18.3 Å². The molecule has 1 N–H and O–H groups in total. The van der Waals surface area contributed by atoms with Crippen LogP contribution >= 0.6 is 11.6 Å². The normalized spacial score (nSPS) is 9.96. The third kappa shape index (κ3) is 6.65. The lowest BCUT2D eigenvalue weighted by molar-refractivity contribution is -0.147. The van der Waals surface area contributed by atoms with E-state index in [9.17, 15) is 9.59 Å². The minimum absolute atomic E-state index is 0.134. The molecule has 0 radical (unpaired) electrons. The van der Waals surface area contributed by atoms with E-state index < -0.39 is 18.5 Å². The van der Waals surface area contributed by atoms with E-state index in [-0.39, 0.29) is 6.42 Å². The molecule has 2 rings (SSSR count). The summed E-state index contributed by atoms with van der Waals surface area (Å²) in [7, 11) is 0. The number of carbonyl (C=O) groups is 2. The molecule has 0 aliphatic heterocycles. The summed E-state index contributed by atoms with van der Waals surface area (Å²) in [5.41, 5.74) is 1.64. The van der Waals surface area contributed by atoms with Crippen LogP contribution in [-0.4, -0.2) is 25.1 Å². The van der Waals surface area contributed by atoms with Gasteiger partial charge in [-0.25, -0.2) is 0 Å². The van der Waals surface area contributed by atoms with E-state index in [1.54, 1.807) is 42.5 Å². The average Bonchev–Trinajstić information content (AvgIpc) is 2.65. The number of hydrogen-bond donors (Lipinski definition) is 1. The lowest BCUT2D eigenvalue weighted by Crippen LogP contribution is -2.21. The topological polar surface area (TPSA) is 88.4 Å². The molecule has 7 heteroatoms. The predicted molar refractivity (Wildman–Crippen MR) is 102 cm³/mol. The number of halogens is 1. The number of esters is 1. The molecule has 27 heavy (non-hydrogen) atoms. The first-order valence-electron chi connectivity index (χ1n) is 8.33. The number of para-hydroxylation sites is 1. The summed E-state index contributed by atoms with van der Waals surface area (Å²) >= 11 is 5.88. The highest BCUT2D eigenvalue weighted by atomic mass is 35.5. The Morgan fingerprint density at radius 2 is 2.00 bits per heavy atom. The fourth-order valence-electron chi connectivity index (χ4n) is 2.27. The molecule has 1 amide bonds. The number of benzene rings is 2. The standard InChI is InChI=1S/C20H19ClN2O4/c1-14-11-16(21)8-9-18(14)26-10-4-7-20(25)27-13-19(24)23-17-6-3-2-5-15(17)12-22/h2-3,5-6,8-9,11H,4,7,10,13H2,1H3,(H,23,24). The van der Waals surface area contributed by atoms with Crippen LogP contribution in [0.5, 0.6) is 5.75 Å². The van der Waals surface area contributed by atoms with Crippen molar-refractivity contribution in [3.8, 4) is 11.8 Å². The van der Waals surface area contributed by atoms with Gasteiger partial charge in [0.05, 0.1) is 17.9 Å². The lowest BCUT2D eigenvalue weighted by atomic mass is 10.2. The van der Waals surface area contributed by atoms with Crippen molar-refractivity contribution < 1.29 is 19.1 Å². The van der Waals surface area contributed by atoms with E-state index in [0.717, 1.165) is 5.56 Å². The van der Waals surface area contributed by atoms with Crippen LogP contribution in [0.2, 0.25) is 5.02 Å². The maximum atomic E-state index is 11.8. The maximum Gasteiger partial charge on any atom is 0.306 e. The zero-order valence-corrected chi connectivity index (χ0v) is 15.6. The Morgan fingerprint density at radius 1 is 1.22 bits per heavy atom. The molecule has 0 atom stereocenters. The number of ether oxygens (including phenoxy) is 2. The van der Waals surface area contributed by atoms with Crippen molar-refractivity contribution in [2.45, 2.75) is 19.8 Å². The predicted octanol–water partition coefficient (Wildman–Crippen LogP) is 3.86. The minimum Gasteiger partial charge on any atom is -0.493 e. The van der Waals surface area contributed by atoms with Crippen molar-refractivity contribution in [2.24, 2.45) is 0 Å². The first-order valence-corrected chi connectivity index (χ1v) is 8.71. The van der Waals surface area contributed by atoms with Crippen LogP contribution in [0.15, 0.2) is 42.5 Å². The van der Waals surface area contributed by atoms with Gasteiger partial charge >= 0.3 is 5.97 Å². The highest BCUT2D eigenvalue weighted by Crippen LogP contribution is 2.22. The Labute approximate surface area is 162 Å². The van der Waals surface area contributed by atoms with E-state index in [1.807, 2.05) is 13.0 Å². The summed E-state index contributed by atoms with van der Waals surface area (Å²) < 4.78 is 10.5. The second-order valence-corrected chi connectivity index (χ2v) is 6.16. The Balaban J connectivity index is 1.67. The summed E-state index contributed by atoms with van der Waals surface area (Å²) in [5.74, 6) is -0.280. The number of amides is 1. The van der Waals surface area contributed by atoms with E-state index in [2.05, 4.69) is 5.32 Å². The Hall–Kier alpha value is -3.04. The number of nitriles is 1. The van der Waals surface area contributed by atoms with E-state index in [1.165, 1.54) is 0 Å². The molecular formula is C20H19ClN2O4. The van der Waals surface area contributed by atoms with Gasteiger partial charge in [0.15, 0.2) is 6.61 Å². The highest BCUT2D eigenvalue weighted by molar-refractivity contribution is 6.30. The quantitative estimate of drug-likeness (QED) is 0.549. The number of carbonyl (C=O) groups excluding carboxylic acids is 2. The number of rotatable bonds is 8. The molecule has 0 heterocycles. The molecule has 0 aliphatic carbocycles. The van der Waals surface area contributed by atoms with Gasteiger partial charge in [-0.3, -0.25) is 9.59 Å². The molecule has 0 bridgehead atoms. The van der Waals surface area contributed by atoms with Crippen LogP contribution in [0.1, 0.15) is 24.0 Å². The Kier molecular flexibility index (Phi) is 7.65. The fraction of sp³-hybridized carbons (Fsp3) is 0.250. The highest BCUT2D eigenvalue weighted by Gasteiger charge is 2.10. The number of anilines is 1. The maximum absolute atomic E-state index is 11.8. The van der Waals surface area contributed by atoms with Crippen molar-refractivity contribution in [3.63, 3.8) is 0 Å². The van der Waals surface area contributed by atoms with E-state index in [4.69, 9.17) is 26.3 Å². The van der Waals surface area contributed by atoms with Crippen LogP contribution in [0.4, 0.5) is 5.69 Å².